The van der Waals surface area contributed by atoms with Crippen LogP contribution in [0, 0.1) is 17.6 Å². The van der Waals surface area contributed by atoms with Gasteiger partial charge in [-0.15, -0.1) is 0 Å². The maximum Gasteiger partial charge on any atom is 0.129 e. The van der Waals surface area contributed by atoms with Crippen molar-refractivity contribution < 1.29 is 8.78 Å². The van der Waals surface area contributed by atoms with Gasteiger partial charge in [0.2, 0.25) is 0 Å². The second-order valence-electron chi connectivity index (χ2n) is 6.02. The summed E-state index contributed by atoms with van der Waals surface area (Å²) in [6, 6.07) is 4.09. The largest absolute Gasteiger partial charge is 0.348 e. The Balaban J connectivity index is 1.54. The van der Waals surface area contributed by atoms with Crippen LogP contribution in [0.4, 0.5) is 8.78 Å². The standard InChI is InChI=1S/C17H21F2N3/c18-15-4-1-5-16(19)14(15)7-6-13-3-2-10-22(11-13)12-17-20-8-9-21-17/h1,4-5,8-9,13H,2-3,6-7,10-12H2,(H,20,21)/t13-/m1/s1. The quantitative estimate of drug-likeness (QED) is 0.916. The maximum atomic E-state index is 13.7. The Morgan fingerprint density at radius 3 is 2.82 bits per heavy atom. The molecule has 1 aliphatic heterocycles. The predicted molar refractivity (Wildman–Crippen MR) is 81.3 cm³/mol. The number of aromatic amines is 1. The van der Waals surface area contributed by atoms with E-state index in [2.05, 4.69) is 14.9 Å². The van der Waals surface area contributed by atoms with Crippen LogP contribution >= 0.6 is 0 Å². The van der Waals surface area contributed by atoms with Gasteiger partial charge in [-0.3, -0.25) is 4.90 Å². The highest BCUT2D eigenvalue weighted by Crippen LogP contribution is 2.24. The van der Waals surface area contributed by atoms with Gasteiger partial charge in [0, 0.05) is 24.5 Å². The second kappa shape index (κ2) is 7.01. The van der Waals surface area contributed by atoms with Gasteiger partial charge in [-0.25, -0.2) is 13.8 Å². The first-order chi connectivity index (χ1) is 10.7. The molecule has 1 N–H and O–H groups in total. The molecule has 3 rings (SSSR count). The highest BCUT2D eigenvalue weighted by molar-refractivity contribution is 5.19. The van der Waals surface area contributed by atoms with Crippen molar-refractivity contribution in [3.63, 3.8) is 0 Å². The molecule has 0 spiro atoms. The van der Waals surface area contributed by atoms with Crippen LogP contribution in [0.2, 0.25) is 0 Å². The number of aromatic nitrogens is 2. The molecule has 1 atom stereocenters. The van der Waals surface area contributed by atoms with E-state index in [4.69, 9.17) is 0 Å². The molecule has 1 aromatic heterocycles. The zero-order chi connectivity index (χ0) is 15.4. The first kappa shape index (κ1) is 15.2. The average molecular weight is 305 g/mol. The van der Waals surface area contributed by atoms with Crippen LogP contribution in [-0.4, -0.2) is 28.0 Å². The molecular formula is C17H21F2N3. The molecule has 0 amide bonds. The lowest BCUT2D eigenvalue weighted by molar-refractivity contribution is 0.158. The number of hydrogen-bond donors (Lipinski definition) is 1. The summed E-state index contributed by atoms with van der Waals surface area (Å²) in [7, 11) is 0. The van der Waals surface area contributed by atoms with E-state index in [1.54, 1.807) is 6.20 Å². The Morgan fingerprint density at radius 2 is 2.09 bits per heavy atom. The second-order valence-corrected chi connectivity index (χ2v) is 6.02. The lowest BCUT2D eigenvalue weighted by Gasteiger charge is -2.32. The minimum Gasteiger partial charge on any atom is -0.348 e. The Kier molecular flexibility index (Phi) is 4.83. The van der Waals surface area contributed by atoms with E-state index >= 15 is 0 Å². The molecule has 1 aliphatic rings. The molecule has 1 aromatic carbocycles. The fraction of sp³-hybridized carbons (Fsp3) is 0.471. The fourth-order valence-electron chi connectivity index (χ4n) is 3.25. The average Bonchev–Trinajstić information content (AvgIpc) is 3.00. The summed E-state index contributed by atoms with van der Waals surface area (Å²) in [6.45, 7) is 2.85. The minimum absolute atomic E-state index is 0.227. The zero-order valence-corrected chi connectivity index (χ0v) is 12.6. The minimum atomic E-state index is -0.428. The van der Waals surface area contributed by atoms with E-state index in [1.807, 2.05) is 6.20 Å². The summed E-state index contributed by atoms with van der Waals surface area (Å²) in [5.41, 5.74) is 0.227. The summed E-state index contributed by atoms with van der Waals surface area (Å²) in [5, 5.41) is 0. The highest BCUT2D eigenvalue weighted by Gasteiger charge is 2.21. The van der Waals surface area contributed by atoms with Crippen molar-refractivity contribution >= 4 is 0 Å². The molecule has 2 heterocycles. The summed E-state index contributed by atoms with van der Waals surface area (Å²) in [6.07, 6.45) is 7.15. The molecule has 0 bridgehead atoms. The number of nitrogens with zero attached hydrogens (tertiary/aromatic N) is 2. The number of benzene rings is 1. The third-order valence-electron chi connectivity index (χ3n) is 4.40. The maximum absolute atomic E-state index is 13.7. The van der Waals surface area contributed by atoms with Crippen molar-refractivity contribution in [1.29, 1.82) is 0 Å². The molecule has 1 fully saturated rings. The molecule has 1 saturated heterocycles. The van der Waals surface area contributed by atoms with Crippen molar-refractivity contribution in [2.24, 2.45) is 5.92 Å². The van der Waals surface area contributed by atoms with Crippen molar-refractivity contribution in [2.45, 2.75) is 32.2 Å². The topological polar surface area (TPSA) is 31.9 Å². The molecule has 0 radical (unpaired) electrons. The highest BCUT2D eigenvalue weighted by atomic mass is 19.1. The molecule has 22 heavy (non-hydrogen) atoms. The van der Waals surface area contributed by atoms with Gasteiger partial charge < -0.3 is 4.98 Å². The smallest absolute Gasteiger partial charge is 0.129 e. The first-order valence-corrected chi connectivity index (χ1v) is 7.86. The third-order valence-corrected chi connectivity index (χ3v) is 4.40. The van der Waals surface area contributed by atoms with Gasteiger partial charge >= 0.3 is 0 Å². The van der Waals surface area contributed by atoms with Crippen molar-refractivity contribution in [3.05, 3.63) is 53.6 Å². The monoisotopic (exact) mass is 305 g/mol. The van der Waals surface area contributed by atoms with Crippen LogP contribution in [0.1, 0.15) is 30.7 Å². The number of hydrogen-bond acceptors (Lipinski definition) is 2. The van der Waals surface area contributed by atoms with E-state index in [1.165, 1.54) is 18.2 Å². The molecular weight excluding hydrogens is 284 g/mol. The van der Waals surface area contributed by atoms with E-state index in [0.717, 1.165) is 44.7 Å². The van der Waals surface area contributed by atoms with E-state index < -0.39 is 11.6 Å². The summed E-state index contributed by atoms with van der Waals surface area (Å²) >= 11 is 0. The van der Waals surface area contributed by atoms with Gasteiger partial charge in [-0.05, 0) is 50.3 Å². The first-order valence-electron chi connectivity index (χ1n) is 7.86. The predicted octanol–water partition coefficient (Wildman–Crippen LogP) is 3.53. The van der Waals surface area contributed by atoms with Crippen LogP contribution in [0.3, 0.4) is 0 Å². The molecule has 0 unspecified atom stereocenters. The molecule has 0 saturated carbocycles. The molecule has 3 nitrogen and oxygen atoms in total. The van der Waals surface area contributed by atoms with Gasteiger partial charge in [0.05, 0.1) is 6.54 Å². The summed E-state index contributed by atoms with van der Waals surface area (Å²) in [4.78, 5) is 9.74. The van der Waals surface area contributed by atoms with Crippen molar-refractivity contribution in [3.8, 4) is 0 Å². The summed E-state index contributed by atoms with van der Waals surface area (Å²) < 4.78 is 27.3. The number of piperidine rings is 1. The van der Waals surface area contributed by atoms with Gasteiger partial charge in [-0.2, -0.15) is 0 Å². The molecule has 0 aliphatic carbocycles. The van der Waals surface area contributed by atoms with Crippen LogP contribution in [-0.2, 0) is 13.0 Å². The Bertz CT molecular complexity index is 578. The molecule has 5 heteroatoms. The molecule has 2 aromatic rings. The SMILES string of the molecule is Fc1cccc(F)c1CC[C@H]1CCCN(Cc2ncc[nH]2)C1. The Labute approximate surface area is 129 Å². The lowest BCUT2D eigenvalue weighted by atomic mass is 9.91. The third kappa shape index (κ3) is 3.71. The van der Waals surface area contributed by atoms with E-state index in [-0.39, 0.29) is 5.56 Å². The zero-order valence-electron chi connectivity index (χ0n) is 12.6. The van der Waals surface area contributed by atoms with Crippen LogP contribution in [0.15, 0.2) is 30.6 Å². The van der Waals surface area contributed by atoms with Crippen LogP contribution in [0.5, 0.6) is 0 Å². The number of halogens is 2. The van der Waals surface area contributed by atoms with E-state index in [9.17, 15) is 8.78 Å². The fourth-order valence-corrected chi connectivity index (χ4v) is 3.25. The lowest BCUT2D eigenvalue weighted by Crippen LogP contribution is -2.35. The van der Waals surface area contributed by atoms with Crippen molar-refractivity contribution in [2.75, 3.05) is 13.1 Å². The van der Waals surface area contributed by atoms with Crippen molar-refractivity contribution in [1.82, 2.24) is 14.9 Å². The van der Waals surface area contributed by atoms with Gasteiger partial charge in [0.25, 0.3) is 0 Å². The van der Waals surface area contributed by atoms with Crippen LogP contribution in [0.25, 0.3) is 0 Å². The van der Waals surface area contributed by atoms with E-state index in [0.29, 0.717) is 12.3 Å². The summed E-state index contributed by atoms with van der Waals surface area (Å²) in [5.74, 6) is 0.606. The Hall–Kier alpha value is -1.75. The number of likely N-dealkylation sites (tertiary alicyclic amines) is 1. The number of rotatable bonds is 5. The number of imidazole rings is 1. The van der Waals surface area contributed by atoms with Gasteiger partial charge in [0.1, 0.15) is 17.5 Å². The van der Waals surface area contributed by atoms with Gasteiger partial charge in [-0.1, -0.05) is 6.07 Å². The number of nitrogens with one attached hydrogen (secondary N) is 1. The normalized spacial score (nSPS) is 19.5. The Morgan fingerprint density at radius 1 is 1.27 bits per heavy atom. The van der Waals surface area contributed by atoms with Crippen LogP contribution < -0.4 is 0 Å². The number of H-pyrrole nitrogens is 1. The van der Waals surface area contributed by atoms with Gasteiger partial charge in [0.15, 0.2) is 0 Å². The molecule has 118 valence electrons.